The van der Waals surface area contributed by atoms with Gasteiger partial charge in [0, 0.05) is 48.3 Å². The van der Waals surface area contributed by atoms with Crippen molar-refractivity contribution < 1.29 is 120 Å². The summed E-state index contributed by atoms with van der Waals surface area (Å²) in [4.78, 5) is 14.2. The van der Waals surface area contributed by atoms with Gasteiger partial charge < -0.3 is 127 Å². The fourth-order valence-electron chi connectivity index (χ4n) is 13.7. The number of allylic oxidation sites excluding steroid dienone is 1. The number of hydrogen-bond acceptors (Lipinski definition) is 26. The highest BCUT2D eigenvalue weighted by molar-refractivity contribution is 5.69. The Bertz CT molecular complexity index is 2270. The summed E-state index contributed by atoms with van der Waals surface area (Å²) in [6.07, 6.45) is -22.3. The molecular weight excluding hydrogens is 1260 g/mol. The summed E-state index contributed by atoms with van der Waals surface area (Å²) in [6.45, 7) is 20.2. The molecule has 0 bridgehead atoms. The van der Waals surface area contributed by atoms with Crippen LogP contribution in [0.15, 0.2) is 35.5 Å². The Labute approximate surface area is 576 Å². The van der Waals surface area contributed by atoms with E-state index in [2.05, 4.69) is 6.92 Å². The number of aliphatic hydroxyl groups is 18. The summed E-state index contributed by atoms with van der Waals surface area (Å²) in [5, 5.41) is 202. The second-order valence-electron chi connectivity index (χ2n) is 29.7. The molecule has 2 fully saturated rings. The summed E-state index contributed by atoms with van der Waals surface area (Å²) in [5.41, 5.74) is 12.7. The smallest absolute Gasteiger partial charge is 0.306 e. The molecule has 0 amide bonds. The van der Waals surface area contributed by atoms with Gasteiger partial charge in [-0.1, -0.05) is 112 Å². The van der Waals surface area contributed by atoms with Crippen LogP contribution >= 0.6 is 0 Å². The van der Waals surface area contributed by atoms with Crippen molar-refractivity contribution in [2.45, 2.75) is 339 Å². The summed E-state index contributed by atoms with van der Waals surface area (Å²) in [7, 11) is 0. The molecule has 26 nitrogen and oxygen atoms in total. The van der Waals surface area contributed by atoms with Crippen LogP contribution in [0.4, 0.5) is 0 Å². The number of aliphatic hydroxyl groups excluding tert-OH is 18. The molecule has 0 aromatic rings. The van der Waals surface area contributed by atoms with E-state index in [-0.39, 0.29) is 61.9 Å². The molecule has 0 spiro atoms. The first-order valence-electron chi connectivity index (χ1n) is 35.8. The van der Waals surface area contributed by atoms with Gasteiger partial charge >= 0.3 is 5.97 Å². The second-order valence-corrected chi connectivity index (χ2v) is 29.7. The van der Waals surface area contributed by atoms with Crippen molar-refractivity contribution in [2.75, 3.05) is 13.2 Å². The number of hydrogen-bond donors (Lipinski definition) is 20. The van der Waals surface area contributed by atoms with Gasteiger partial charge in [0.15, 0.2) is 12.6 Å². The van der Waals surface area contributed by atoms with Gasteiger partial charge in [-0.15, -0.1) is 0 Å². The molecular formula is C71H132N2O24. The minimum atomic E-state index is -1.90. The normalized spacial score (nSPS) is 43.9. The third-order valence-corrected chi connectivity index (χ3v) is 21.1. The summed E-state index contributed by atoms with van der Waals surface area (Å²) in [6, 6.07) is -1.17. The first kappa shape index (κ1) is 88.9. The topological polar surface area (TPSA) is 479 Å². The maximum atomic E-state index is 14.2. The first-order chi connectivity index (χ1) is 45.4. The van der Waals surface area contributed by atoms with Gasteiger partial charge in [-0.3, -0.25) is 4.79 Å². The Hall–Kier alpha value is -2.27. The number of rotatable bonds is 14. The predicted octanol–water partition coefficient (Wildman–Crippen LogP) is 0.981. The average molecular weight is 1400 g/mol. The molecule has 570 valence electrons. The van der Waals surface area contributed by atoms with Gasteiger partial charge in [0.2, 0.25) is 0 Å². The Morgan fingerprint density at radius 1 is 0.546 bits per heavy atom. The van der Waals surface area contributed by atoms with Crippen LogP contribution in [0.1, 0.15) is 186 Å². The van der Waals surface area contributed by atoms with Crippen molar-refractivity contribution in [3.8, 4) is 0 Å². The van der Waals surface area contributed by atoms with Crippen LogP contribution < -0.4 is 11.5 Å². The Morgan fingerprint density at radius 2 is 1.05 bits per heavy atom. The van der Waals surface area contributed by atoms with Gasteiger partial charge in [0.25, 0.3) is 0 Å². The molecule has 0 aromatic carbocycles. The third-order valence-electron chi connectivity index (χ3n) is 21.1. The van der Waals surface area contributed by atoms with Gasteiger partial charge in [-0.05, 0) is 120 Å². The Morgan fingerprint density at radius 3 is 1.60 bits per heavy atom. The molecule has 2 saturated heterocycles. The zero-order valence-corrected chi connectivity index (χ0v) is 59.8. The minimum absolute atomic E-state index is 0.0617. The highest BCUT2D eigenvalue weighted by atomic mass is 16.7. The first-order valence-corrected chi connectivity index (χ1v) is 35.8. The van der Waals surface area contributed by atoms with Crippen molar-refractivity contribution in [3.05, 3.63) is 35.5 Å². The molecule has 22 N–H and O–H groups in total. The average Bonchev–Trinajstić information content (AvgIpc) is 0.831. The highest BCUT2D eigenvalue weighted by Crippen LogP contribution is 2.36. The van der Waals surface area contributed by atoms with E-state index in [1.165, 1.54) is 33.8 Å². The fourth-order valence-corrected chi connectivity index (χ4v) is 13.7. The monoisotopic (exact) mass is 1400 g/mol. The van der Waals surface area contributed by atoms with Gasteiger partial charge in [-0.2, -0.15) is 0 Å². The lowest BCUT2D eigenvalue weighted by atomic mass is 9.81. The second kappa shape index (κ2) is 43.7. The molecule has 3 rings (SSSR count). The van der Waals surface area contributed by atoms with Crippen LogP contribution in [0.3, 0.4) is 0 Å². The molecule has 3 aliphatic heterocycles. The predicted molar refractivity (Wildman–Crippen MR) is 362 cm³/mol. The van der Waals surface area contributed by atoms with E-state index in [1.54, 1.807) is 40.7 Å². The van der Waals surface area contributed by atoms with E-state index in [9.17, 15) is 96.7 Å². The molecule has 3 heterocycles. The van der Waals surface area contributed by atoms with Crippen molar-refractivity contribution in [3.63, 3.8) is 0 Å². The lowest BCUT2D eigenvalue weighted by molar-refractivity contribution is -0.314. The standard InChI is InChI=1S/C71H132N2O24/c1-35(19-15-13-14-18-24-72)25-41(7)69-45(11)56(94-70-66(90)60(73)64(88)46(12)93-70)33-49(77)32-54(82)43(9)52(80)29-47(75)28-51(79)42(8)53(81)30-48(76)31-55(83)44(10)63(87)57(95-71-68(92)67(91)65(89)58(34-74)96-71)27-40(6)62(86)39(5)26-38(4)61(85)37(3)20-16-17-21-50(78)36(2)22-23-59(84)97-69/h16,20,26-27,35-37,39,41-58,60-71,74-83,85-92H,13-15,17-19,21-25,28-34,72-73H2,1-12H3/t35?,36?,37?,39?,41?,42?,43?,44?,45?,46-,47?,48?,49?,50?,51?,52?,53?,54?,55?,56?,57?,58-,60+,61?,62?,63?,64-,65-,66+,67+,68+,69?,70+,71-/m1/s1. The van der Waals surface area contributed by atoms with Crippen molar-refractivity contribution in [1.29, 1.82) is 0 Å². The molecule has 0 saturated carbocycles. The van der Waals surface area contributed by atoms with E-state index in [0.717, 1.165) is 32.1 Å². The van der Waals surface area contributed by atoms with Crippen LogP contribution in [-0.2, 0) is 28.5 Å². The Kier molecular flexibility index (Phi) is 40.1. The molecule has 26 heteroatoms. The zero-order valence-electron chi connectivity index (χ0n) is 59.8. The van der Waals surface area contributed by atoms with Crippen LogP contribution in [0.25, 0.3) is 0 Å². The number of carbonyl (C=O) groups is 1. The van der Waals surface area contributed by atoms with Crippen LogP contribution in [-0.4, -0.2) is 264 Å². The number of esters is 1. The maximum Gasteiger partial charge on any atom is 0.306 e. The molecule has 97 heavy (non-hydrogen) atoms. The van der Waals surface area contributed by atoms with Crippen LogP contribution in [0, 0.1) is 53.3 Å². The van der Waals surface area contributed by atoms with Gasteiger partial charge in [-0.25, -0.2) is 0 Å². The van der Waals surface area contributed by atoms with Crippen molar-refractivity contribution in [2.24, 2.45) is 64.7 Å². The summed E-state index contributed by atoms with van der Waals surface area (Å²) in [5.74, 6) is -5.94. The number of carbonyl (C=O) groups excluding carboxylic acids is 1. The number of cyclic esters (lactones) is 1. The van der Waals surface area contributed by atoms with E-state index in [4.69, 9.17) is 35.2 Å². The molecule has 0 radical (unpaired) electrons. The largest absolute Gasteiger partial charge is 0.462 e. The Balaban J connectivity index is 2.03. The van der Waals surface area contributed by atoms with Crippen LogP contribution in [0.2, 0.25) is 0 Å². The van der Waals surface area contributed by atoms with Crippen molar-refractivity contribution in [1.82, 2.24) is 0 Å². The molecule has 0 aromatic heterocycles. The van der Waals surface area contributed by atoms with E-state index < -0.39 is 214 Å². The lowest BCUT2D eigenvalue weighted by Gasteiger charge is -2.43. The van der Waals surface area contributed by atoms with Crippen LogP contribution in [0.5, 0.6) is 0 Å². The highest BCUT2D eigenvalue weighted by Gasteiger charge is 2.48. The van der Waals surface area contributed by atoms with E-state index in [1.807, 2.05) is 26.0 Å². The van der Waals surface area contributed by atoms with Gasteiger partial charge in [0.1, 0.15) is 42.7 Å². The fraction of sp³-hybridized carbons (Fsp3) is 0.901. The molecule has 3 aliphatic rings. The summed E-state index contributed by atoms with van der Waals surface area (Å²) >= 11 is 0. The van der Waals surface area contributed by atoms with Gasteiger partial charge in [0.05, 0.1) is 104 Å². The number of unbranched alkanes of at least 4 members (excludes halogenated alkanes) is 3. The van der Waals surface area contributed by atoms with Crippen molar-refractivity contribution >= 4 is 5.97 Å². The van der Waals surface area contributed by atoms with E-state index in [0.29, 0.717) is 31.4 Å². The maximum absolute atomic E-state index is 14.2. The zero-order chi connectivity index (χ0) is 73.5. The molecule has 0 aliphatic carbocycles. The molecule has 34 atom stereocenters. The molecule has 24 unspecified atom stereocenters. The van der Waals surface area contributed by atoms with E-state index >= 15 is 0 Å². The quantitative estimate of drug-likeness (QED) is 0.0655. The SMILES string of the molecule is CC1=CC(C)C(O)C(C)=CC(O[C@@H]2O[C@H](CO)[C@@H](O)[C@H](O)[C@@H]2O)C(O)C(C)C(O)CC(O)CC(O)C(C)C(O)CC(O)CC(O)C(C)C(O)CC(O)CC(O[C@@H]2O[C@H](C)[C@@H](O)[C@H](N)[C@@H]2O)C(C)C(C(C)CC(C)CCCCCCN)OC(=O)CCC(C)C(O)CCC=CC(C)C1O. The third kappa shape index (κ3) is 28.4. The summed E-state index contributed by atoms with van der Waals surface area (Å²) < 4.78 is 30.6. The lowest BCUT2D eigenvalue weighted by Crippen LogP contribution is -2.62. The number of ether oxygens (including phenoxy) is 5. The number of nitrogens with two attached hydrogens (primary N) is 2. The minimum Gasteiger partial charge on any atom is -0.462 e.